The average molecular weight is 290 g/mol. The summed E-state index contributed by atoms with van der Waals surface area (Å²) in [7, 11) is 1.96. The Morgan fingerprint density at radius 2 is 1.75 bits per heavy atom. The van der Waals surface area contributed by atoms with Gasteiger partial charge in [0.05, 0.1) is 5.02 Å². The molecule has 0 spiro atoms. The van der Waals surface area contributed by atoms with Gasteiger partial charge in [-0.05, 0) is 37.3 Å². The molecule has 2 aromatic rings. The fraction of sp³-hybridized carbons (Fsp3) is 0.133. The second-order valence-corrected chi connectivity index (χ2v) is 4.95. The molecule has 104 valence electrons. The quantitative estimate of drug-likeness (QED) is 0.393. The third kappa shape index (κ3) is 2.86. The Labute approximate surface area is 123 Å². The van der Waals surface area contributed by atoms with E-state index >= 15 is 0 Å². The van der Waals surface area contributed by atoms with Crippen LogP contribution in [0.2, 0.25) is 5.02 Å². The maximum absolute atomic E-state index is 8.69. The summed E-state index contributed by atoms with van der Waals surface area (Å²) < 4.78 is 0. The van der Waals surface area contributed by atoms with Crippen LogP contribution >= 0.6 is 11.6 Å². The first-order valence-electron chi connectivity index (χ1n) is 6.11. The first kappa shape index (κ1) is 14.2. The first-order valence-corrected chi connectivity index (χ1v) is 6.48. The van der Waals surface area contributed by atoms with Gasteiger partial charge >= 0.3 is 0 Å². The zero-order valence-corrected chi connectivity index (χ0v) is 12.1. The minimum atomic E-state index is -0.000427. The summed E-state index contributed by atoms with van der Waals surface area (Å²) in [6, 6.07) is 13.6. The van der Waals surface area contributed by atoms with Crippen LogP contribution < -0.4 is 10.6 Å². The molecule has 0 aliphatic rings. The van der Waals surface area contributed by atoms with E-state index in [-0.39, 0.29) is 5.84 Å². The Bertz CT molecular complexity index is 638. The molecule has 3 N–H and O–H groups in total. The van der Waals surface area contributed by atoms with E-state index in [4.69, 9.17) is 22.5 Å². The van der Waals surface area contributed by atoms with Crippen LogP contribution in [0, 0.1) is 6.92 Å². The number of anilines is 2. The van der Waals surface area contributed by atoms with Crippen molar-refractivity contribution in [1.29, 1.82) is 0 Å². The monoisotopic (exact) mass is 289 g/mol. The second kappa shape index (κ2) is 5.84. The number of halogens is 1. The lowest BCUT2D eigenvalue weighted by molar-refractivity contribution is 0.318. The number of hydrogen-bond acceptors (Lipinski definition) is 3. The van der Waals surface area contributed by atoms with Crippen LogP contribution in [0.15, 0.2) is 47.6 Å². The smallest absolute Gasteiger partial charge is 0.171 e. The predicted molar refractivity (Wildman–Crippen MR) is 83.2 cm³/mol. The summed E-state index contributed by atoms with van der Waals surface area (Å²) in [5, 5.41) is 12.1. The fourth-order valence-electron chi connectivity index (χ4n) is 1.89. The van der Waals surface area contributed by atoms with Crippen LogP contribution in [0.4, 0.5) is 11.4 Å². The lowest BCUT2D eigenvalue weighted by Crippen LogP contribution is -2.15. The summed E-state index contributed by atoms with van der Waals surface area (Å²) in [5.41, 5.74) is 9.25. The number of hydrogen-bond donors (Lipinski definition) is 2. The average Bonchev–Trinajstić information content (AvgIpc) is 2.46. The number of nitrogens with two attached hydrogens (primary N) is 1. The van der Waals surface area contributed by atoms with Gasteiger partial charge in [-0.3, -0.25) is 0 Å². The number of oxime groups is 1. The number of rotatable bonds is 3. The predicted octanol–water partition coefficient (Wildman–Crippen LogP) is 3.51. The van der Waals surface area contributed by atoms with E-state index in [1.807, 2.05) is 37.1 Å². The van der Waals surface area contributed by atoms with Gasteiger partial charge in [0.15, 0.2) is 5.84 Å². The molecule has 0 aliphatic carbocycles. The van der Waals surface area contributed by atoms with E-state index in [1.54, 1.807) is 12.1 Å². The molecule has 0 saturated carbocycles. The first-order chi connectivity index (χ1) is 9.52. The number of amidine groups is 1. The minimum absolute atomic E-state index is 0.000427. The molecule has 0 unspecified atom stereocenters. The molecule has 2 rings (SSSR count). The number of nitrogens with zero attached hydrogens (tertiary/aromatic N) is 2. The van der Waals surface area contributed by atoms with Crippen molar-refractivity contribution >= 4 is 28.8 Å². The standard InChI is InChI=1S/C15H16ClN3O/c1-10-3-5-11(6-4-10)19(2)12-7-8-13(14(16)9-12)15(17)18-20/h3-9,20H,1-2H3,(H2,17,18). The minimum Gasteiger partial charge on any atom is -0.409 e. The van der Waals surface area contributed by atoms with Gasteiger partial charge in [0.1, 0.15) is 0 Å². The van der Waals surface area contributed by atoms with Gasteiger partial charge in [-0.15, -0.1) is 0 Å². The summed E-state index contributed by atoms with van der Waals surface area (Å²) in [6.45, 7) is 2.05. The van der Waals surface area contributed by atoms with Gasteiger partial charge in [-0.1, -0.05) is 34.5 Å². The summed E-state index contributed by atoms with van der Waals surface area (Å²) in [6.07, 6.45) is 0. The highest BCUT2D eigenvalue weighted by molar-refractivity contribution is 6.34. The highest BCUT2D eigenvalue weighted by Gasteiger charge is 2.09. The van der Waals surface area contributed by atoms with E-state index in [9.17, 15) is 0 Å². The van der Waals surface area contributed by atoms with Gasteiger partial charge in [0, 0.05) is 24.0 Å². The molecule has 0 heterocycles. The fourth-order valence-corrected chi connectivity index (χ4v) is 2.16. The molecule has 0 aliphatic heterocycles. The van der Waals surface area contributed by atoms with Crippen molar-refractivity contribution in [2.75, 3.05) is 11.9 Å². The Balaban J connectivity index is 2.34. The zero-order chi connectivity index (χ0) is 14.7. The van der Waals surface area contributed by atoms with Gasteiger partial charge in [-0.2, -0.15) is 0 Å². The van der Waals surface area contributed by atoms with Crippen molar-refractivity contribution in [2.24, 2.45) is 10.9 Å². The van der Waals surface area contributed by atoms with Crippen LogP contribution in [-0.4, -0.2) is 18.1 Å². The molecular formula is C15H16ClN3O. The highest BCUT2D eigenvalue weighted by atomic mass is 35.5. The van der Waals surface area contributed by atoms with Crippen molar-refractivity contribution in [1.82, 2.24) is 0 Å². The lowest BCUT2D eigenvalue weighted by atomic mass is 10.1. The Morgan fingerprint density at radius 1 is 1.15 bits per heavy atom. The van der Waals surface area contributed by atoms with E-state index in [0.29, 0.717) is 10.6 Å². The number of benzene rings is 2. The third-order valence-corrected chi connectivity index (χ3v) is 3.46. The van der Waals surface area contributed by atoms with E-state index < -0.39 is 0 Å². The van der Waals surface area contributed by atoms with Gasteiger partial charge in [0.25, 0.3) is 0 Å². The third-order valence-electron chi connectivity index (χ3n) is 3.14. The molecule has 0 saturated heterocycles. The molecule has 0 bridgehead atoms. The second-order valence-electron chi connectivity index (χ2n) is 4.54. The topological polar surface area (TPSA) is 61.8 Å². The van der Waals surface area contributed by atoms with Crippen LogP contribution in [0.3, 0.4) is 0 Å². The maximum atomic E-state index is 8.69. The largest absolute Gasteiger partial charge is 0.409 e. The van der Waals surface area contributed by atoms with Crippen LogP contribution in [0.25, 0.3) is 0 Å². The van der Waals surface area contributed by atoms with Crippen LogP contribution in [0.5, 0.6) is 0 Å². The normalized spacial score (nSPS) is 11.4. The van der Waals surface area contributed by atoms with Crippen molar-refractivity contribution in [3.05, 3.63) is 58.6 Å². The van der Waals surface area contributed by atoms with Gasteiger partial charge < -0.3 is 15.8 Å². The molecular weight excluding hydrogens is 274 g/mol. The van der Waals surface area contributed by atoms with Crippen LogP contribution in [-0.2, 0) is 0 Å². The van der Waals surface area contributed by atoms with Crippen LogP contribution in [0.1, 0.15) is 11.1 Å². The molecule has 5 heteroatoms. The SMILES string of the molecule is Cc1ccc(N(C)c2ccc(C(N)=NO)c(Cl)c2)cc1. The molecule has 0 aromatic heterocycles. The molecule has 2 aromatic carbocycles. The summed E-state index contributed by atoms with van der Waals surface area (Å²) in [5.74, 6) is -0.000427. The van der Waals surface area contributed by atoms with Crippen molar-refractivity contribution in [2.45, 2.75) is 6.92 Å². The molecule has 0 atom stereocenters. The van der Waals surface area contributed by atoms with Gasteiger partial charge in [0.2, 0.25) is 0 Å². The zero-order valence-electron chi connectivity index (χ0n) is 11.3. The highest BCUT2D eigenvalue weighted by Crippen LogP contribution is 2.28. The van der Waals surface area contributed by atoms with Crippen molar-refractivity contribution in [3.63, 3.8) is 0 Å². The molecule has 0 amide bonds. The summed E-state index contributed by atoms with van der Waals surface area (Å²) >= 11 is 6.16. The molecule has 20 heavy (non-hydrogen) atoms. The lowest BCUT2D eigenvalue weighted by Gasteiger charge is -2.20. The van der Waals surface area contributed by atoms with Crippen molar-refractivity contribution in [3.8, 4) is 0 Å². The van der Waals surface area contributed by atoms with Gasteiger partial charge in [-0.25, -0.2) is 0 Å². The summed E-state index contributed by atoms with van der Waals surface area (Å²) in [4.78, 5) is 2.02. The van der Waals surface area contributed by atoms with E-state index in [1.165, 1.54) is 5.56 Å². The Morgan fingerprint density at radius 3 is 2.30 bits per heavy atom. The Hall–Kier alpha value is -2.20. The molecule has 0 fully saturated rings. The van der Waals surface area contributed by atoms with E-state index in [0.717, 1.165) is 11.4 Å². The maximum Gasteiger partial charge on any atom is 0.171 e. The molecule has 0 radical (unpaired) electrons. The van der Waals surface area contributed by atoms with Crippen molar-refractivity contribution < 1.29 is 5.21 Å². The number of aryl methyl sites for hydroxylation is 1. The Kier molecular flexibility index (Phi) is 4.15. The van der Waals surface area contributed by atoms with E-state index in [2.05, 4.69) is 17.3 Å². The molecule has 4 nitrogen and oxygen atoms in total.